The molecular formula is C19H21ClN2O3S. The standard InChI is InChI=1S/C19H21ClN2O3S/c1-13(26-15-7-5-4-6-8-15)19(24)22(2)12-18(23)21-16-11-14(20)9-10-17(16)25-3/h4-11,13H,12H2,1-3H3,(H,21,23). The molecule has 138 valence electrons. The van der Waals surface area contributed by atoms with Gasteiger partial charge in [0.25, 0.3) is 0 Å². The van der Waals surface area contributed by atoms with Crippen molar-refractivity contribution >= 4 is 40.9 Å². The molecule has 5 nitrogen and oxygen atoms in total. The number of carbonyl (C=O) groups is 2. The molecule has 0 spiro atoms. The van der Waals surface area contributed by atoms with Crippen LogP contribution in [0.4, 0.5) is 5.69 Å². The zero-order chi connectivity index (χ0) is 19.1. The zero-order valence-electron chi connectivity index (χ0n) is 14.9. The maximum absolute atomic E-state index is 12.5. The lowest BCUT2D eigenvalue weighted by molar-refractivity contribution is -0.132. The number of likely N-dealkylation sites (N-methyl/N-ethyl adjacent to an activating group) is 1. The van der Waals surface area contributed by atoms with Crippen LogP contribution in [-0.2, 0) is 9.59 Å². The lowest BCUT2D eigenvalue weighted by Gasteiger charge is -2.21. The molecule has 0 saturated carbocycles. The fourth-order valence-electron chi connectivity index (χ4n) is 2.32. The van der Waals surface area contributed by atoms with Gasteiger partial charge >= 0.3 is 0 Å². The molecular weight excluding hydrogens is 372 g/mol. The molecule has 0 radical (unpaired) electrons. The molecule has 0 aromatic heterocycles. The van der Waals surface area contributed by atoms with Gasteiger partial charge in [0.2, 0.25) is 11.8 Å². The van der Waals surface area contributed by atoms with Crippen LogP contribution < -0.4 is 10.1 Å². The molecule has 0 heterocycles. The van der Waals surface area contributed by atoms with E-state index in [-0.39, 0.29) is 23.6 Å². The fraction of sp³-hybridized carbons (Fsp3) is 0.263. The molecule has 2 aromatic carbocycles. The largest absolute Gasteiger partial charge is 0.495 e. The van der Waals surface area contributed by atoms with E-state index in [0.29, 0.717) is 16.5 Å². The van der Waals surface area contributed by atoms with E-state index < -0.39 is 0 Å². The van der Waals surface area contributed by atoms with Crippen LogP contribution in [0.5, 0.6) is 5.75 Å². The number of halogens is 1. The highest BCUT2D eigenvalue weighted by Gasteiger charge is 2.21. The van der Waals surface area contributed by atoms with Crippen LogP contribution in [0.15, 0.2) is 53.4 Å². The SMILES string of the molecule is COc1ccc(Cl)cc1NC(=O)CN(C)C(=O)C(C)Sc1ccccc1. The lowest BCUT2D eigenvalue weighted by atomic mass is 10.3. The Morgan fingerprint density at radius 2 is 1.92 bits per heavy atom. The third-order valence-electron chi connectivity index (χ3n) is 3.60. The molecule has 0 aliphatic rings. The van der Waals surface area contributed by atoms with Gasteiger partial charge in [-0.2, -0.15) is 0 Å². The van der Waals surface area contributed by atoms with Crippen LogP contribution in [0, 0.1) is 0 Å². The van der Waals surface area contributed by atoms with Crippen molar-refractivity contribution in [1.29, 1.82) is 0 Å². The molecule has 7 heteroatoms. The number of rotatable bonds is 7. The maximum atomic E-state index is 12.5. The fourth-order valence-corrected chi connectivity index (χ4v) is 3.50. The van der Waals surface area contributed by atoms with Gasteiger partial charge in [0, 0.05) is 17.0 Å². The average molecular weight is 393 g/mol. The van der Waals surface area contributed by atoms with Crippen molar-refractivity contribution in [2.45, 2.75) is 17.1 Å². The Labute approximate surface area is 162 Å². The predicted octanol–water partition coefficient (Wildman–Crippen LogP) is 3.93. The van der Waals surface area contributed by atoms with Crippen molar-refractivity contribution < 1.29 is 14.3 Å². The highest BCUT2D eigenvalue weighted by Crippen LogP contribution is 2.28. The third kappa shape index (κ3) is 5.68. The summed E-state index contributed by atoms with van der Waals surface area (Å²) in [5.74, 6) is 0.0649. The quantitative estimate of drug-likeness (QED) is 0.725. The number of carbonyl (C=O) groups excluding carboxylic acids is 2. The Hall–Kier alpha value is -2.18. The van der Waals surface area contributed by atoms with Crippen molar-refractivity contribution in [3.8, 4) is 5.75 Å². The molecule has 1 atom stereocenters. The first-order chi connectivity index (χ1) is 12.4. The monoisotopic (exact) mass is 392 g/mol. The van der Waals surface area contributed by atoms with Crippen molar-refractivity contribution in [3.63, 3.8) is 0 Å². The van der Waals surface area contributed by atoms with Crippen LogP contribution in [0.3, 0.4) is 0 Å². The molecule has 0 aliphatic heterocycles. The zero-order valence-corrected chi connectivity index (χ0v) is 16.4. The summed E-state index contributed by atoms with van der Waals surface area (Å²) in [5.41, 5.74) is 0.470. The van der Waals surface area contributed by atoms with E-state index in [9.17, 15) is 9.59 Å². The Morgan fingerprint density at radius 1 is 1.23 bits per heavy atom. The van der Waals surface area contributed by atoms with Gasteiger partial charge in [-0.3, -0.25) is 9.59 Å². The minimum Gasteiger partial charge on any atom is -0.495 e. The number of amides is 2. The van der Waals surface area contributed by atoms with Gasteiger partial charge in [0.15, 0.2) is 0 Å². The van der Waals surface area contributed by atoms with E-state index in [0.717, 1.165) is 4.90 Å². The van der Waals surface area contributed by atoms with E-state index in [2.05, 4.69) is 5.32 Å². The molecule has 2 rings (SSSR count). The van der Waals surface area contributed by atoms with Crippen LogP contribution in [0.25, 0.3) is 0 Å². The van der Waals surface area contributed by atoms with E-state index in [4.69, 9.17) is 16.3 Å². The van der Waals surface area contributed by atoms with Gasteiger partial charge < -0.3 is 15.0 Å². The first kappa shape index (κ1) is 20.1. The molecule has 0 aliphatic carbocycles. The van der Waals surface area contributed by atoms with Gasteiger partial charge in [-0.05, 0) is 37.3 Å². The van der Waals surface area contributed by atoms with Gasteiger partial charge in [-0.25, -0.2) is 0 Å². The second-order valence-corrected chi connectivity index (χ2v) is 7.51. The summed E-state index contributed by atoms with van der Waals surface area (Å²) >= 11 is 7.42. The van der Waals surface area contributed by atoms with Crippen LogP contribution in [0.2, 0.25) is 5.02 Å². The number of nitrogens with zero attached hydrogens (tertiary/aromatic N) is 1. The molecule has 1 unspecified atom stereocenters. The number of hydrogen-bond acceptors (Lipinski definition) is 4. The maximum Gasteiger partial charge on any atom is 0.244 e. The molecule has 2 aromatic rings. The lowest BCUT2D eigenvalue weighted by Crippen LogP contribution is -2.38. The molecule has 0 fully saturated rings. The smallest absolute Gasteiger partial charge is 0.244 e. The summed E-state index contributed by atoms with van der Waals surface area (Å²) in [4.78, 5) is 27.2. The number of hydrogen-bond donors (Lipinski definition) is 1. The van der Waals surface area contributed by atoms with Gasteiger partial charge in [0.05, 0.1) is 24.6 Å². The third-order valence-corrected chi connectivity index (χ3v) is 4.93. The summed E-state index contributed by atoms with van der Waals surface area (Å²) in [7, 11) is 3.12. The average Bonchev–Trinajstić information content (AvgIpc) is 2.62. The topological polar surface area (TPSA) is 58.6 Å². The normalized spacial score (nSPS) is 11.5. The van der Waals surface area contributed by atoms with Gasteiger partial charge in [0.1, 0.15) is 5.75 Å². The highest BCUT2D eigenvalue weighted by molar-refractivity contribution is 8.00. The van der Waals surface area contributed by atoms with E-state index in [1.807, 2.05) is 37.3 Å². The van der Waals surface area contributed by atoms with Crippen molar-refractivity contribution in [2.24, 2.45) is 0 Å². The van der Waals surface area contributed by atoms with Crippen molar-refractivity contribution in [1.82, 2.24) is 4.90 Å². The Kier molecular flexibility index (Phi) is 7.36. The summed E-state index contributed by atoms with van der Waals surface area (Å²) in [5, 5.41) is 2.92. The number of nitrogens with one attached hydrogen (secondary N) is 1. The molecule has 2 amide bonds. The first-order valence-electron chi connectivity index (χ1n) is 8.00. The molecule has 0 saturated heterocycles. The number of ether oxygens (including phenoxy) is 1. The van der Waals surface area contributed by atoms with Crippen LogP contribution >= 0.6 is 23.4 Å². The highest BCUT2D eigenvalue weighted by atomic mass is 35.5. The van der Waals surface area contributed by atoms with E-state index in [1.54, 1.807) is 25.2 Å². The van der Waals surface area contributed by atoms with Gasteiger partial charge in [-0.15, -0.1) is 11.8 Å². The van der Waals surface area contributed by atoms with E-state index in [1.165, 1.54) is 23.8 Å². The summed E-state index contributed by atoms with van der Waals surface area (Å²) in [6, 6.07) is 14.6. The van der Waals surface area contributed by atoms with Crippen LogP contribution in [0.1, 0.15) is 6.92 Å². The summed E-state index contributed by atoms with van der Waals surface area (Å²) in [6.07, 6.45) is 0. The minimum absolute atomic E-state index is 0.0613. The predicted molar refractivity (Wildman–Crippen MR) is 106 cm³/mol. The molecule has 0 bridgehead atoms. The Morgan fingerprint density at radius 3 is 2.58 bits per heavy atom. The second-order valence-electron chi connectivity index (χ2n) is 5.66. The van der Waals surface area contributed by atoms with E-state index >= 15 is 0 Å². The summed E-state index contributed by atoms with van der Waals surface area (Å²) < 4.78 is 5.20. The Balaban J connectivity index is 1.93. The number of thioether (sulfide) groups is 1. The second kappa shape index (κ2) is 9.50. The summed E-state index contributed by atoms with van der Waals surface area (Å²) in [6.45, 7) is 1.77. The van der Waals surface area contributed by atoms with Gasteiger partial charge in [-0.1, -0.05) is 29.8 Å². The number of anilines is 1. The number of methoxy groups -OCH3 is 1. The first-order valence-corrected chi connectivity index (χ1v) is 9.26. The Bertz CT molecular complexity index is 771. The number of benzene rings is 2. The van der Waals surface area contributed by atoms with Crippen molar-refractivity contribution in [3.05, 3.63) is 53.6 Å². The molecule has 1 N–H and O–H groups in total. The van der Waals surface area contributed by atoms with Crippen molar-refractivity contribution in [2.75, 3.05) is 26.0 Å². The molecule has 26 heavy (non-hydrogen) atoms. The van der Waals surface area contributed by atoms with Crippen LogP contribution in [-0.4, -0.2) is 42.7 Å². The minimum atomic E-state index is -0.321.